The van der Waals surface area contributed by atoms with Gasteiger partial charge in [-0.2, -0.15) is 0 Å². The van der Waals surface area contributed by atoms with Crippen LogP contribution < -0.4 is 9.47 Å². The molecule has 8 heteroatoms. The molecule has 0 amide bonds. The predicted molar refractivity (Wildman–Crippen MR) is 113 cm³/mol. The summed E-state index contributed by atoms with van der Waals surface area (Å²) < 4.78 is 11.8. The summed E-state index contributed by atoms with van der Waals surface area (Å²) in [4.78, 5) is 11.1. The molecule has 3 N–H and O–H groups in total. The molecule has 0 spiro atoms. The highest BCUT2D eigenvalue weighted by Gasteiger charge is 2.26. The summed E-state index contributed by atoms with van der Waals surface area (Å²) in [5.74, 6) is 1.29. The van der Waals surface area contributed by atoms with Gasteiger partial charge in [0.2, 0.25) is 5.69 Å². The third-order valence-electron chi connectivity index (χ3n) is 6.67. The largest absolute Gasteiger partial charge is 0.493 e. The second-order valence-corrected chi connectivity index (χ2v) is 8.85. The highest BCUT2D eigenvalue weighted by atomic mass is 16.5. The van der Waals surface area contributed by atoms with E-state index in [9.17, 15) is 9.90 Å². The Bertz CT molecular complexity index is 845. The number of aliphatic hydroxyl groups is 1. The van der Waals surface area contributed by atoms with Gasteiger partial charge in [0.1, 0.15) is 11.9 Å². The minimum atomic E-state index is -1.12. The molecule has 0 aliphatic heterocycles. The molecule has 2 aliphatic carbocycles. The monoisotopic (exact) mass is 429 g/mol. The summed E-state index contributed by atoms with van der Waals surface area (Å²) in [7, 11) is 0. The molecule has 1 aromatic carbocycles. The molecule has 31 heavy (non-hydrogen) atoms. The number of nitrogens with one attached hydrogen (secondary N) is 1. The molecule has 0 saturated heterocycles. The number of H-pyrrole nitrogens is 1. The topological polar surface area (TPSA) is 118 Å². The van der Waals surface area contributed by atoms with E-state index in [4.69, 9.17) is 14.6 Å². The maximum Gasteiger partial charge on any atom is 0.359 e. The van der Waals surface area contributed by atoms with Gasteiger partial charge in [-0.15, -0.1) is 0 Å². The van der Waals surface area contributed by atoms with Crippen LogP contribution in [0.15, 0.2) is 24.3 Å². The maximum atomic E-state index is 11.1. The van der Waals surface area contributed by atoms with Gasteiger partial charge in [0.05, 0.1) is 6.61 Å². The van der Waals surface area contributed by atoms with E-state index in [1.54, 1.807) is 0 Å². The first kappa shape index (κ1) is 21.6. The summed E-state index contributed by atoms with van der Waals surface area (Å²) in [5.41, 5.74) is 1.20. The first-order chi connectivity index (χ1) is 15.1. The van der Waals surface area contributed by atoms with Crippen LogP contribution in [0.2, 0.25) is 0 Å². The second kappa shape index (κ2) is 10.1. The highest BCUT2D eigenvalue weighted by molar-refractivity contribution is 5.87. The zero-order valence-electron chi connectivity index (χ0n) is 17.7. The summed E-state index contributed by atoms with van der Waals surface area (Å²) >= 11 is 0. The van der Waals surface area contributed by atoms with Crippen LogP contribution in [0, 0.1) is 11.8 Å². The molecule has 1 aromatic heterocycles. The molecule has 2 aromatic rings. The molecular formula is C23H31N3O5. The Hall–Kier alpha value is -2.61. The van der Waals surface area contributed by atoms with Crippen molar-refractivity contribution in [2.24, 2.45) is 11.8 Å². The van der Waals surface area contributed by atoms with E-state index in [0.29, 0.717) is 17.8 Å². The molecule has 4 rings (SSSR count). The van der Waals surface area contributed by atoms with E-state index in [1.165, 1.54) is 18.4 Å². The lowest BCUT2D eigenvalue weighted by molar-refractivity contribution is 0.0677. The lowest BCUT2D eigenvalue weighted by atomic mass is 9.82. The number of hydrogen-bond donors (Lipinski definition) is 3. The summed E-state index contributed by atoms with van der Waals surface area (Å²) in [5, 5.41) is 28.1. The van der Waals surface area contributed by atoms with E-state index in [0.717, 1.165) is 50.9 Å². The fourth-order valence-corrected chi connectivity index (χ4v) is 4.88. The number of ether oxygens (including phenoxy) is 2. The molecule has 1 heterocycles. The zero-order chi connectivity index (χ0) is 21.6. The Kier molecular flexibility index (Phi) is 7.06. The first-order valence-corrected chi connectivity index (χ1v) is 11.3. The van der Waals surface area contributed by atoms with Crippen LogP contribution in [-0.4, -0.2) is 50.9 Å². The molecule has 2 aliphatic rings. The van der Waals surface area contributed by atoms with Gasteiger partial charge < -0.3 is 19.7 Å². The fourth-order valence-electron chi connectivity index (χ4n) is 4.88. The Balaban J connectivity index is 1.24. The van der Waals surface area contributed by atoms with Gasteiger partial charge in [-0.25, -0.2) is 9.89 Å². The van der Waals surface area contributed by atoms with Crippen molar-refractivity contribution in [3.05, 3.63) is 35.5 Å². The molecule has 2 saturated carbocycles. The number of aromatic nitrogens is 3. The van der Waals surface area contributed by atoms with E-state index in [2.05, 4.69) is 39.7 Å². The number of aliphatic hydroxyl groups excluding tert-OH is 1. The Morgan fingerprint density at radius 3 is 2.52 bits per heavy atom. The van der Waals surface area contributed by atoms with E-state index >= 15 is 0 Å². The van der Waals surface area contributed by atoms with Crippen molar-refractivity contribution < 1.29 is 24.5 Å². The summed E-state index contributed by atoms with van der Waals surface area (Å²) in [6, 6.07) is 8.41. The standard InChI is InChI=1S/C23H31N3O5/c27-13-15-2-1-3-16(12-15)14-30-19-8-4-17(5-9-19)18-6-10-20(11-7-18)31-22-21(23(28)29)24-26-25-22/h4-5,8-9,15-16,18,20,27H,1-3,6-7,10-14H2,(H,28,29)(H,24,25,26)/t15-,16-,18?,20?/m0/s1. The van der Waals surface area contributed by atoms with E-state index in [1.807, 2.05) is 0 Å². The molecule has 168 valence electrons. The van der Waals surface area contributed by atoms with Crippen LogP contribution in [0.1, 0.15) is 73.3 Å². The molecular weight excluding hydrogens is 398 g/mol. The summed E-state index contributed by atoms with van der Waals surface area (Å²) in [6.07, 6.45) is 8.17. The second-order valence-electron chi connectivity index (χ2n) is 8.85. The number of carbonyl (C=O) groups is 1. The average molecular weight is 430 g/mol. The smallest absolute Gasteiger partial charge is 0.359 e. The van der Waals surface area contributed by atoms with Crippen LogP contribution in [0.3, 0.4) is 0 Å². The normalized spacial score (nSPS) is 26.4. The third kappa shape index (κ3) is 5.55. The van der Waals surface area contributed by atoms with Crippen molar-refractivity contribution in [3.63, 3.8) is 0 Å². The number of carboxylic acid groups (broad SMARTS) is 1. The Labute approximate surface area is 182 Å². The van der Waals surface area contributed by atoms with Crippen molar-refractivity contribution >= 4 is 5.97 Å². The van der Waals surface area contributed by atoms with Crippen LogP contribution in [0.25, 0.3) is 0 Å². The molecule has 8 nitrogen and oxygen atoms in total. The van der Waals surface area contributed by atoms with Crippen LogP contribution in [0.4, 0.5) is 0 Å². The van der Waals surface area contributed by atoms with Gasteiger partial charge in [-0.3, -0.25) is 0 Å². The maximum absolute atomic E-state index is 11.1. The van der Waals surface area contributed by atoms with Crippen LogP contribution in [-0.2, 0) is 0 Å². The molecule has 2 fully saturated rings. The molecule has 0 radical (unpaired) electrons. The Morgan fingerprint density at radius 2 is 1.81 bits per heavy atom. The zero-order valence-corrected chi connectivity index (χ0v) is 17.7. The van der Waals surface area contributed by atoms with Crippen molar-refractivity contribution in [3.8, 4) is 11.6 Å². The van der Waals surface area contributed by atoms with E-state index in [-0.39, 0.29) is 24.3 Å². The number of nitrogens with zero attached hydrogens (tertiary/aromatic N) is 2. The third-order valence-corrected chi connectivity index (χ3v) is 6.67. The molecule has 0 unspecified atom stereocenters. The van der Waals surface area contributed by atoms with Crippen molar-refractivity contribution in [2.75, 3.05) is 13.2 Å². The van der Waals surface area contributed by atoms with Crippen LogP contribution in [0.5, 0.6) is 11.6 Å². The van der Waals surface area contributed by atoms with Gasteiger partial charge in [-0.1, -0.05) is 28.9 Å². The van der Waals surface area contributed by atoms with E-state index < -0.39 is 5.97 Å². The van der Waals surface area contributed by atoms with Crippen molar-refractivity contribution in [1.82, 2.24) is 15.4 Å². The number of carboxylic acids is 1. The van der Waals surface area contributed by atoms with Gasteiger partial charge in [-0.05, 0) is 80.4 Å². The average Bonchev–Trinajstić information content (AvgIpc) is 3.27. The van der Waals surface area contributed by atoms with Crippen molar-refractivity contribution in [1.29, 1.82) is 0 Å². The van der Waals surface area contributed by atoms with Gasteiger partial charge in [0.25, 0.3) is 5.88 Å². The Morgan fingerprint density at radius 1 is 1.06 bits per heavy atom. The fraction of sp³-hybridized carbons (Fsp3) is 0.609. The SMILES string of the molecule is O=C(O)c1[nH]nnc1OC1CCC(c2ccc(OC[C@H]3CCC[C@H](CO)C3)cc2)CC1. The summed E-state index contributed by atoms with van der Waals surface area (Å²) in [6.45, 7) is 1.01. The number of hydrogen-bond acceptors (Lipinski definition) is 6. The number of aromatic amines is 1. The number of benzene rings is 1. The number of rotatable bonds is 8. The lowest BCUT2D eigenvalue weighted by Crippen LogP contribution is -2.24. The lowest BCUT2D eigenvalue weighted by Gasteiger charge is -2.29. The quantitative estimate of drug-likeness (QED) is 0.584. The minimum Gasteiger partial charge on any atom is -0.493 e. The highest BCUT2D eigenvalue weighted by Crippen LogP contribution is 2.35. The van der Waals surface area contributed by atoms with Crippen molar-refractivity contribution in [2.45, 2.75) is 63.4 Å². The number of aromatic carboxylic acids is 1. The molecule has 0 bridgehead atoms. The van der Waals surface area contributed by atoms with Gasteiger partial charge in [0.15, 0.2) is 0 Å². The molecule has 2 atom stereocenters. The van der Waals surface area contributed by atoms with Gasteiger partial charge >= 0.3 is 5.97 Å². The van der Waals surface area contributed by atoms with Crippen LogP contribution >= 0.6 is 0 Å². The predicted octanol–water partition coefficient (Wildman–Crippen LogP) is 3.79. The minimum absolute atomic E-state index is 0.0414. The first-order valence-electron chi connectivity index (χ1n) is 11.3. The van der Waals surface area contributed by atoms with Gasteiger partial charge in [0, 0.05) is 6.61 Å².